The van der Waals surface area contributed by atoms with Crippen molar-refractivity contribution in [3.05, 3.63) is 29.8 Å². The van der Waals surface area contributed by atoms with E-state index in [0.29, 0.717) is 11.8 Å². The Bertz CT molecular complexity index is 579. The first-order valence-electron chi connectivity index (χ1n) is 9.13. The van der Waals surface area contributed by atoms with E-state index < -0.39 is 0 Å². The van der Waals surface area contributed by atoms with E-state index >= 15 is 0 Å². The zero-order chi connectivity index (χ0) is 17.2. The molecule has 0 atom stereocenters. The monoisotopic (exact) mass is 346 g/mol. The number of hydrogen-bond donors (Lipinski definition) is 0. The lowest BCUT2D eigenvalue weighted by Gasteiger charge is -2.39. The molecular formula is C20H30N2OS. The zero-order valence-corrected chi connectivity index (χ0v) is 16.1. The van der Waals surface area contributed by atoms with Crippen LogP contribution in [0.4, 0.5) is 0 Å². The molecular weight excluding hydrogens is 316 g/mol. The average Bonchev–Trinajstić information content (AvgIpc) is 2.85. The highest BCUT2D eigenvalue weighted by Gasteiger charge is 2.44. The molecule has 1 aromatic rings. The van der Waals surface area contributed by atoms with Gasteiger partial charge in [0.1, 0.15) is 0 Å². The van der Waals surface area contributed by atoms with Crippen LogP contribution in [0.5, 0.6) is 0 Å². The van der Waals surface area contributed by atoms with E-state index in [9.17, 15) is 4.79 Å². The molecule has 1 aromatic carbocycles. The standard InChI is InChI=1S/C20H30N2OS/c1-16(2)13-22-15-20(12-19(22)23)8-10-21(11-9-20)14-17-6-4-5-7-18(17)24-3/h4-7,16H,8-15H2,1-3H3. The van der Waals surface area contributed by atoms with Crippen molar-refractivity contribution < 1.29 is 4.79 Å². The van der Waals surface area contributed by atoms with E-state index in [0.717, 1.165) is 52.0 Å². The molecule has 3 nitrogen and oxygen atoms in total. The van der Waals surface area contributed by atoms with Crippen LogP contribution in [0.3, 0.4) is 0 Å². The number of rotatable bonds is 5. The molecule has 4 heteroatoms. The van der Waals surface area contributed by atoms with E-state index in [1.54, 1.807) is 0 Å². The molecule has 0 unspecified atom stereocenters. The van der Waals surface area contributed by atoms with Crippen molar-refractivity contribution >= 4 is 17.7 Å². The van der Waals surface area contributed by atoms with Crippen molar-refractivity contribution in [1.82, 2.24) is 9.80 Å². The summed E-state index contributed by atoms with van der Waals surface area (Å²) < 4.78 is 0. The molecule has 1 spiro atoms. The molecule has 0 aromatic heterocycles. The Morgan fingerprint density at radius 3 is 2.58 bits per heavy atom. The normalized spacial score (nSPS) is 21.2. The van der Waals surface area contributed by atoms with Crippen molar-refractivity contribution in [3.8, 4) is 0 Å². The van der Waals surface area contributed by atoms with E-state index in [2.05, 4.69) is 54.2 Å². The molecule has 0 saturated carbocycles. The first kappa shape index (κ1) is 17.8. The summed E-state index contributed by atoms with van der Waals surface area (Å²) in [6, 6.07) is 8.72. The molecule has 3 rings (SSSR count). The third-order valence-corrected chi connectivity index (χ3v) is 6.33. The van der Waals surface area contributed by atoms with Crippen molar-refractivity contribution in [2.24, 2.45) is 11.3 Å². The number of amides is 1. The molecule has 2 aliphatic heterocycles. The fraction of sp³-hybridized carbons (Fsp3) is 0.650. The van der Waals surface area contributed by atoms with Gasteiger partial charge < -0.3 is 4.90 Å². The number of likely N-dealkylation sites (tertiary alicyclic amines) is 2. The van der Waals surface area contributed by atoms with E-state index in [1.165, 1.54) is 10.5 Å². The summed E-state index contributed by atoms with van der Waals surface area (Å²) in [5.74, 6) is 0.942. The maximum atomic E-state index is 12.3. The second-order valence-electron chi connectivity index (χ2n) is 7.93. The highest BCUT2D eigenvalue weighted by Crippen LogP contribution is 2.41. The number of benzene rings is 1. The number of hydrogen-bond acceptors (Lipinski definition) is 3. The first-order valence-corrected chi connectivity index (χ1v) is 10.4. The Labute approximate surface area is 150 Å². The molecule has 1 amide bonds. The van der Waals surface area contributed by atoms with Crippen LogP contribution in [0, 0.1) is 11.3 Å². The fourth-order valence-electron chi connectivity index (χ4n) is 4.18. The maximum Gasteiger partial charge on any atom is 0.223 e. The predicted octanol–water partition coefficient (Wildman–Crippen LogP) is 3.88. The summed E-state index contributed by atoms with van der Waals surface area (Å²) in [4.78, 5) is 18.4. The zero-order valence-electron chi connectivity index (χ0n) is 15.3. The van der Waals surface area contributed by atoms with Crippen molar-refractivity contribution in [2.45, 2.75) is 44.6 Å². The Hall–Kier alpha value is -1.00. The largest absolute Gasteiger partial charge is 0.342 e. The van der Waals surface area contributed by atoms with Gasteiger partial charge in [0.05, 0.1) is 0 Å². The van der Waals surface area contributed by atoms with E-state index in [-0.39, 0.29) is 5.41 Å². The van der Waals surface area contributed by atoms with Crippen LogP contribution >= 0.6 is 11.8 Å². The number of piperidine rings is 1. The third-order valence-electron chi connectivity index (χ3n) is 5.49. The van der Waals surface area contributed by atoms with Crippen LogP contribution in [0.15, 0.2) is 29.2 Å². The van der Waals surface area contributed by atoms with Gasteiger partial charge in [-0.15, -0.1) is 11.8 Å². The maximum absolute atomic E-state index is 12.3. The van der Waals surface area contributed by atoms with Gasteiger partial charge >= 0.3 is 0 Å². The number of carbonyl (C=O) groups is 1. The van der Waals surface area contributed by atoms with Crippen LogP contribution in [0.25, 0.3) is 0 Å². The lowest BCUT2D eigenvalue weighted by atomic mass is 9.77. The second-order valence-corrected chi connectivity index (χ2v) is 8.78. The first-order chi connectivity index (χ1) is 11.5. The van der Waals surface area contributed by atoms with Crippen LogP contribution in [-0.2, 0) is 11.3 Å². The topological polar surface area (TPSA) is 23.6 Å². The van der Waals surface area contributed by atoms with Gasteiger partial charge in [0.15, 0.2) is 0 Å². The SMILES string of the molecule is CSc1ccccc1CN1CCC2(CC1)CC(=O)N(CC(C)C)C2. The van der Waals surface area contributed by atoms with Crippen LogP contribution in [0.2, 0.25) is 0 Å². The summed E-state index contributed by atoms with van der Waals surface area (Å²) in [7, 11) is 0. The Morgan fingerprint density at radius 2 is 1.92 bits per heavy atom. The lowest BCUT2D eigenvalue weighted by Crippen LogP contribution is -2.41. The molecule has 24 heavy (non-hydrogen) atoms. The van der Waals surface area contributed by atoms with Gasteiger partial charge in [-0.3, -0.25) is 9.69 Å². The predicted molar refractivity (Wildman–Crippen MR) is 101 cm³/mol. The van der Waals surface area contributed by atoms with Gasteiger partial charge in [-0.1, -0.05) is 32.0 Å². The van der Waals surface area contributed by atoms with E-state index in [1.807, 2.05) is 11.8 Å². The molecule has 0 radical (unpaired) electrons. The van der Waals surface area contributed by atoms with Crippen molar-refractivity contribution in [1.29, 1.82) is 0 Å². The Morgan fingerprint density at radius 1 is 1.21 bits per heavy atom. The van der Waals surface area contributed by atoms with Gasteiger partial charge in [-0.05, 0) is 55.1 Å². The van der Waals surface area contributed by atoms with Gasteiger partial charge in [-0.2, -0.15) is 0 Å². The van der Waals surface area contributed by atoms with Crippen molar-refractivity contribution in [2.75, 3.05) is 32.4 Å². The molecule has 2 fully saturated rings. The Balaban J connectivity index is 1.57. The van der Waals surface area contributed by atoms with Crippen LogP contribution in [-0.4, -0.2) is 48.1 Å². The average molecular weight is 347 g/mol. The summed E-state index contributed by atoms with van der Waals surface area (Å²) in [5.41, 5.74) is 1.69. The molecule has 132 valence electrons. The molecule has 0 N–H and O–H groups in total. The van der Waals surface area contributed by atoms with Gasteiger partial charge in [0.25, 0.3) is 0 Å². The summed E-state index contributed by atoms with van der Waals surface area (Å²) in [6.45, 7) is 9.58. The summed E-state index contributed by atoms with van der Waals surface area (Å²) >= 11 is 1.83. The highest BCUT2D eigenvalue weighted by atomic mass is 32.2. The number of thioether (sulfide) groups is 1. The van der Waals surface area contributed by atoms with Crippen molar-refractivity contribution in [3.63, 3.8) is 0 Å². The molecule has 0 aliphatic carbocycles. The highest BCUT2D eigenvalue weighted by molar-refractivity contribution is 7.98. The molecule has 2 heterocycles. The summed E-state index contributed by atoms with van der Waals surface area (Å²) in [6.07, 6.45) is 5.25. The third kappa shape index (κ3) is 3.97. The molecule has 2 aliphatic rings. The fourth-order valence-corrected chi connectivity index (χ4v) is 4.79. The second kappa shape index (κ2) is 7.49. The van der Waals surface area contributed by atoms with E-state index in [4.69, 9.17) is 0 Å². The van der Waals surface area contributed by atoms with Gasteiger partial charge in [0, 0.05) is 31.0 Å². The number of nitrogens with zero attached hydrogens (tertiary/aromatic N) is 2. The quantitative estimate of drug-likeness (QED) is 0.756. The van der Waals surface area contributed by atoms with Gasteiger partial charge in [0.2, 0.25) is 5.91 Å². The van der Waals surface area contributed by atoms with Gasteiger partial charge in [-0.25, -0.2) is 0 Å². The molecule has 0 bridgehead atoms. The van der Waals surface area contributed by atoms with Crippen LogP contribution < -0.4 is 0 Å². The minimum absolute atomic E-state index is 0.251. The molecule has 2 saturated heterocycles. The minimum Gasteiger partial charge on any atom is -0.342 e. The minimum atomic E-state index is 0.251. The number of carbonyl (C=O) groups excluding carboxylic acids is 1. The van der Waals surface area contributed by atoms with Crippen LogP contribution in [0.1, 0.15) is 38.7 Å². The summed E-state index contributed by atoms with van der Waals surface area (Å²) in [5, 5.41) is 0. The lowest BCUT2D eigenvalue weighted by molar-refractivity contribution is -0.128. The Kier molecular flexibility index (Phi) is 5.56. The smallest absolute Gasteiger partial charge is 0.223 e.